The Balaban J connectivity index is 1.96. The van der Waals surface area contributed by atoms with Crippen LogP contribution in [0, 0.1) is 5.92 Å². The summed E-state index contributed by atoms with van der Waals surface area (Å²) in [6.07, 6.45) is 3.47. The molecule has 1 saturated heterocycles. The van der Waals surface area contributed by atoms with Crippen molar-refractivity contribution in [2.45, 2.75) is 38.6 Å². The topological polar surface area (TPSA) is 23.5 Å². The van der Waals surface area contributed by atoms with Gasteiger partial charge in [-0.15, -0.1) is 0 Å². The number of piperidine rings is 1. The lowest BCUT2D eigenvalue weighted by atomic mass is 9.79. The van der Waals surface area contributed by atoms with Crippen molar-refractivity contribution in [2.24, 2.45) is 5.92 Å². The number of benzene rings is 1. The maximum absolute atomic E-state index is 9.50. The predicted octanol–water partition coefficient (Wildman–Crippen LogP) is 2.71. The molecule has 0 spiro atoms. The highest BCUT2D eigenvalue weighted by atomic mass is 16.3. The Labute approximate surface area is 111 Å². The lowest BCUT2D eigenvalue weighted by Crippen LogP contribution is -2.54. The highest BCUT2D eigenvalue weighted by molar-refractivity contribution is 5.15. The van der Waals surface area contributed by atoms with Crippen molar-refractivity contribution in [1.29, 1.82) is 0 Å². The van der Waals surface area contributed by atoms with Crippen LogP contribution in [-0.2, 0) is 6.42 Å². The first kappa shape index (κ1) is 13.6. The third-order valence-electron chi connectivity index (χ3n) is 4.53. The van der Waals surface area contributed by atoms with Crippen LogP contribution in [0.25, 0.3) is 0 Å². The van der Waals surface area contributed by atoms with Gasteiger partial charge in [0.15, 0.2) is 0 Å². The Morgan fingerprint density at radius 3 is 2.67 bits per heavy atom. The predicted molar refractivity (Wildman–Crippen MR) is 75.6 cm³/mol. The van der Waals surface area contributed by atoms with Crippen LogP contribution in [0.2, 0.25) is 0 Å². The zero-order valence-electron chi connectivity index (χ0n) is 11.6. The van der Waals surface area contributed by atoms with Gasteiger partial charge in [-0.25, -0.2) is 0 Å². The van der Waals surface area contributed by atoms with Gasteiger partial charge in [-0.2, -0.15) is 0 Å². The van der Waals surface area contributed by atoms with Gasteiger partial charge in [0.2, 0.25) is 0 Å². The molecular formula is C16H25NO. The minimum Gasteiger partial charge on any atom is -0.396 e. The fraction of sp³-hybridized carbons (Fsp3) is 0.625. The summed E-state index contributed by atoms with van der Waals surface area (Å²) in [6.45, 7) is 7.12. The SMILES string of the molecule is CC1(C)C(CO)CCCN1CCc1ccccc1. The molecule has 1 N–H and O–H groups in total. The molecule has 100 valence electrons. The van der Waals surface area contributed by atoms with Crippen LogP contribution >= 0.6 is 0 Å². The minimum atomic E-state index is 0.127. The fourth-order valence-corrected chi connectivity index (χ4v) is 3.05. The van der Waals surface area contributed by atoms with Gasteiger partial charge in [-0.05, 0) is 51.1 Å². The van der Waals surface area contributed by atoms with E-state index >= 15 is 0 Å². The van der Waals surface area contributed by atoms with Crippen LogP contribution in [0.5, 0.6) is 0 Å². The summed E-state index contributed by atoms with van der Waals surface area (Å²) in [5.41, 5.74) is 1.53. The van der Waals surface area contributed by atoms with Crippen molar-refractivity contribution in [3.05, 3.63) is 35.9 Å². The van der Waals surface area contributed by atoms with Gasteiger partial charge in [0.25, 0.3) is 0 Å². The van der Waals surface area contributed by atoms with Gasteiger partial charge >= 0.3 is 0 Å². The van der Waals surface area contributed by atoms with Gasteiger partial charge in [-0.3, -0.25) is 4.90 Å². The van der Waals surface area contributed by atoms with E-state index in [0.29, 0.717) is 12.5 Å². The Morgan fingerprint density at radius 2 is 2.00 bits per heavy atom. The Bertz CT molecular complexity index is 361. The summed E-state index contributed by atoms with van der Waals surface area (Å²) in [5.74, 6) is 0.419. The molecule has 1 fully saturated rings. The number of aliphatic hydroxyl groups is 1. The molecule has 1 aromatic carbocycles. The van der Waals surface area contributed by atoms with Crippen LogP contribution in [0.1, 0.15) is 32.3 Å². The van der Waals surface area contributed by atoms with Crippen molar-refractivity contribution in [3.63, 3.8) is 0 Å². The monoisotopic (exact) mass is 247 g/mol. The second kappa shape index (κ2) is 5.85. The van der Waals surface area contributed by atoms with Crippen molar-refractivity contribution in [1.82, 2.24) is 4.90 Å². The van der Waals surface area contributed by atoms with Crippen LogP contribution < -0.4 is 0 Å². The summed E-state index contributed by atoms with van der Waals surface area (Å²) in [7, 11) is 0. The van der Waals surface area contributed by atoms with Crippen molar-refractivity contribution >= 4 is 0 Å². The van der Waals surface area contributed by atoms with E-state index in [1.807, 2.05) is 0 Å². The van der Waals surface area contributed by atoms with Crippen LogP contribution in [0.15, 0.2) is 30.3 Å². The highest BCUT2D eigenvalue weighted by Crippen LogP contribution is 2.32. The van der Waals surface area contributed by atoms with Gasteiger partial charge in [0, 0.05) is 18.7 Å². The first-order valence-electron chi connectivity index (χ1n) is 7.04. The molecule has 1 heterocycles. The molecule has 1 atom stereocenters. The van der Waals surface area contributed by atoms with Gasteiger partial charge in [0.1, 0.15) is 0 Å². The van der Waals surface area contributed by atoms with E-state index in [-0.39, 0.29) is 5.54 Å². The molecule has 0 amide bonds. The first-order valence-corrected chi connectivity index (χ1v) is 7.04. The summed E-state index contributed by atoms with van der Waals surface area (Å²) in [4.78, 5) is 2.55. The minimum absolute atomic E-state index is 0.127. The fourth-order valence-electron chi connectivity index (χ4n) is 3.05. The summed E-state index contributed by atoms with van der Waals surface area (Å²) in [6, 6.07) is 10.7. The molecule has 18 heavy (non-hydrogen) atoms. The molecule has 2 rings (SSSR count). The molecule has 2 nitrogen and oxygen atoms in total. The van der Waals surface area contributed by atoms with E-state index in [0.717, 1.165) is 25.9 Å². The second-order valence-corrected chi connectivity index (χ2v) is 5.90. The molecule has 2 heteroatoms. The quantitative estimate of drug-likeness (QED) is 0.884. The summed E-state index contributed by atoms with van der Waals surface area (Å²) >= 11 is 0. The second-order valence-electron chi connectivity index (χ2n) is 5.90. The average Bonchev–Trinajstić information content (AvgIpc) is 2.38. The van der Waals surface area contributed by atoms with Gasteiger partial charge < -0.3 is 5.11 Å². The molecular weight excluding hydrogens is 222 g/mol. The van der Waals surface area contributed by atoms with Crippen LogP contribution in [0.3, 0.4) is 0 Å². The number of hydrogen-bond acceptors (Lipinski definition) is 2. The Morgan fingerprint density at radius 1 is 1.28 bits per heavy atom. The normalized spacial score (nSPS) is 24.1. The van der Waals surface area contributed by atoms with E-state index in [1.165, 1.54) is 12.0 Å². The standard InChI is InChI=1S/C16H25NO/c1-16(2)15(13-18)9-6-11-17(16)12-10-14-7-4-3-5-8-14/h3-5,7-8,15,18H,6,9-13H2,1-2H3. The Hall–Kier alpha value is -0.860. The van der Waals surface area contributed by atoms with Gasteiger partial charge in [0.05, 0.1) is 0 Å². The smallest absolute Gasteiger partial charge is 0.0476 e. The summed E-state index contributed by atoms with van der Waals surface area (Å²) < 4.78 is 0. The van der Waals surface area contributed by atoms with E-state index in [9.17, 15) is 5.11 Å². The molecule has 0 aliphatic carbocycles. The highest BCUT2D eigenvalue weighted by Gasteiger charge is 2.37. The molecule has 0 saturated carbocycles. The van der Waals surface area contributed by atoms with E-state index in [1.54, 1.807) is 0 Å². The molecule has 0 aromatic heterocycles. The molecule has 1 aromatic rings. The molecule has 0 radical (unpaired) electrons. The van der Waals surface area contributed by atoms with E-state index < -0.39 is 0 Å². The number of nitrogens with zero attached hydrogens (tertiary/aromatic N) is 1. The molecule has 1 unspecified atom stereocenters. The Kier molecular flexibility index (Phi) is 4.41. The average molecular weight is 247 g/mol. The van der Waals surface area contributed by atoms with Crippen LogP contribution in [-0.4, -0.2) is 35.2 Å². The third-order valence-corrected chi connectivity index (χ3v) is 4.53. The number of hydrogen-bond donors (Lipinski definition) is 1. The summed E-state index contributed by atoms with van der Waals surface area (Å²) in [5, 5.41) is 9.50. The largest absolute Gasteiger partial charge is 0.396 e. The van der Waals surface area contributed by atoms with Gasteiger partial charge in [-0.1, -0.05) is 30.3 Å². The lowest BCUT2D eigenvalue weighted by molar-refractivity contribution is -0.00352. The van der Waals surface area contributed by atoms with Crippen molar-refractivity contribution in [3.8, 4) is 0 Å². The number of likely N-dealkylation sites (tertiary alicyclic amines) is 1. The third kappa shape index (κ3) is 2.93. The first-order chi connectivity index (χ1) is 8.64. The lowest BCUT2D eigenvalue weighted by Gasteiger charge is -2.47. The maximum atomic E-state index is 9.50. The van der Waals surface area contributed by atoms with Crippen molar-refractivity contribution < 1.29 is 5.11 Å². The van der Waals surface area contributed by atoms with Crippen LogP contribution in [0.4, 0.5) is 0 Å². The molecule has 0 bridgehead atoms. The van der Waals surface area contributed by atoms with E-state index in [4.69, 9.17) is 0 Å². The zero-order valence-corrected chi connectivity index (χ0v) is 11.6. The van der Waals surface area contributed by atoms with E-state index in [2.05, 4.69) is 49.1 Å². The molecule has 1 aliphatic heterocycles. The van der Waals surface area contributed by atoms with Crippen molar-refractivity contribution in [2.75, 3.05) is 19.7 Å². The number of aliphatic hydroxyl groups excluding tert-OH is 1. The number of rotatable bonds is 4. The zero-order chi connectivity index (χ0) is 13.0. The maximum Gasteiger partial charge on any atom is 0.0476 e. The molecule has 1 aliphatic rings.